The third-order valence-corrected chi connectivity index (χ3v) is 2.87. The molecule has 0 saturated carbocycles. The van der Waals surface area contributed by atoms with Gasteiger partial charge in [-0.1, -0.05) is 6.92 Å². The van der Waals surface area contributed by atoms with Crippen molar-refractivity contribution in [1.82, 2.24) is 0 Å². The SMILES string of the molecule is CCSCc1cc2cc(F)ccc2o1. The van der Waals surface area contributed by atoms with Gasteiger partial charge in [-0.05, 0) is 30.0 Å². The molecule has 2 rings (SSSR count). The minimum atomic E-state index is -0.215. The highest BCUT2D eigenvalue weighted by atomic mass is 32.2. The zero-order valence-corrected chi connectivity index (χ0v) is 8.73. The van der Waals surface area contributed by atoms with E-state index in [1.165, 1.54) is 12.1 Å². The molecule has 0 bridgehead atoms. The van der Waals surface area contributed by atoms with Gasteiger partial charge >= 0.3 is 0 Å². The normalized spacial score (nSPS) is 11.0. The summed E-state index contributed by atoms with van der Waals surface area (Å²) >= 11 is 1.79. The average Bonchev–Trinajstić information content (AvgIpc) is 2.56. The quantitative estimate of drug-likeness (QED) is 0.763. The molecule has 1 aromatic heterocycles. The summed E-state index contributed by atoms with van der Waals surface area (Å²) in [5.74, 6) is 2.61. The Hall–Kier alpha value is -0.960. The summed E-state index contributed by atoms with van der Waals surface area (Å²) in [4.78, 5) is 0. The molecule has 14 heavy (non-hydrogen) atoms. The molecule has 0 amide bonds. The maximum atomic E-state index is 12.9. The van der Waals surface area contributed by atoms with Crippen LogP contribution >= 0.6 is 11.8 Å². The molecule has 2 aromatic rings. The fraction of sp³-hybridized carbons (Fsp3) is 0.273. The van der Waals surface area contributed by atoms with Crippen molar-refractivity contribution < 1.29 is 8.81 Å². The number of benzene rings is 1. The molecular weight excluding hydrogens is 199 g/mol. The Labute approximate surface area is 86.3 Å². The van der Waals surface area contributed by atoms with E-state index in [1.807, 2.05) is 6.07 Å². The van der Waals surface area contributed by atoms with Crippen LogP contribution in [0.3, 0.4) is 0 Å². The first kappa shape index (κ1) is 9.59. The second kappa shape index (κ2) is 4.05. The van der Waals surface area contributed by atoms with E-state index >= 15 is 0 Å². The monoisotopic (exact) mass is 210 g/mol. The molecule has 0 atom stereocenters. The molecule has 0 spiro atoms. The van der Waals surface area contributed by atoms with Crippen molar-refractivity contribution in [3.05, 3.63) is 35.8 Å². The number of hydrogen-bond acceptors (Lipinski definition) is 2. The lowest BCUT2D eigenvalue weighted by Crippen LogP contribution is -1.73. The number of furan rings is 1. The average molecular weight is 210 g/mol. The van der Waals surface area contributed by atoms with E-state index in [4.69, 9.17) is 4.42 Å². The van der Waals surface area contributed by atoms with Crippen LogP contribution in [0.5, 0.6) is 0 Å². The molecule has 3 heteroatoms. The van der Waals surface area contributed by atoms with Crippen LogP contribution in [0.4, 0.5) is 4.39 Å². The summed E-state index contributed by atoms with van der Waals surface area (Å²) in [6.45, 7) is 2.10. The second-order valence-electron chi connectivity index (χ2n) is 3.03. The molecule has 1 heterocycles. The van der Waals surface area contributed by atoms with Crippen molar-refractivity contribution in [1.29, 1.82) is 0 Å². The van der Waals surface area contributed by atoms with Crippen molar-refractivity contribution in [2.45, 2.75) is 12.7 Å². The molecule has 1 aromatic carbocycles. The maximum Gasteiger partial charge on any atom is 0.134 e. The molecule has 0 fully saturated rings. The van der Waals surface area contributed by atoms with Crippen LogP contribution in [0.15, 0.2) is 28.7 Å². The van der Waals surface area contributed by atoms with Crippen LogP contribution in [-0.2, 0) is 5.75 Å². The Balaban J connectivity index is 2.32. The fourth-order valence-electron chi connectivity index (χ4n) is 1.34. The van der Waals surface area contributed by atoms with Crippen LogP contribution in [0.2, 0.25) is 0 Å². The third-order valence-electron chi connectivity index (χ3n) is 1.98. The minimum absolute atomic E-state index is 0.215. The van der Waals surface area contributed by atoms with Crippen LogP contribution in [-0.4, -0.2) is 5.75 Å². The Kier molecular flexibility index (Phi) is 2.77. The molecule has 0 aliphatic carbocycles. The van der Waals surface area contributed by atoms with E-state index < -0.39 is 0 Å². The van der Waals surface area contributed by atoms with Crippen LogP contribution < -0.4 is 0 Å². The number of thioether (sulfide) groups is 1. The molecule has 74 valence electrons. The van der Waals surface area contributed by atoms with Gasteiger partial charge in [-0.25, -0.2) is 4.39 Å². The molecular formula is C11H11FOS. The fourth-order valence-corrected chi connectivity index (χ4v) is 1.89. The summed E-state index contributed by atoms with van der Waals surface area (Å²) in [5.41, 5.74) is 0.762. The minimum Gasteiger partial charge on any atom is -0.460 e. The first-order valence-corrected chi connectivity index (χ1v) is 5.71. The summed E-state index contributed by atoms with van der Waals surface area (Å²) in [6.07, 6.45) is 0. The summed E-state index contributed by atoms with van der Waals surface area (Å²) in [5, 5.41) is 0.844. The molecule has 0 aliphatic heterocycles. The lowest BCUT2D eigenvalue weighted by Gasteiger charge is -1.91. The summed E-state index contributed by atoms with van der Waals surface area (Å²) < 4.78 is 18.4. The van der Waals surface area contributed by atoms with Crippen LogP contribution in [0.1, 0.15) is 12.7 Å². The Bertz CT molecular complexity index is 436. The molecule has 0 radical (unpaired) electrons. The topological polar surface area (TPSA) is 13.1 Å². The first-order chi connectivity index (χ1) is 6.79. The van der Waals surface area contributed by atoms with E-state index in [2.05, 4.69) is 6.92 Å². The lowest BCUT2D eigenvalue weighted by molar-refractivity contribution is 0.572. The number of hydrogen-bond donors (Lipinski definition) is 0. The number of fused-ring (bicyclic) bond motifs is 1. The highest BCUT2D eigenvalue weighted by Crippen LogP contribution is 2.23. The van der Waals surface area contributed by atoms with Gasteiger partial charge in [0.2, 0.25) is 0 Å². The zero-order valence-electron chi connectivity index (χ0n) is 7.92. The predicted molar refractivity (Wildman–Crippen MR) is 58.0 cm³/mol. The van der Waals surface area contributed by atoms with Gasteiger partial charge in [0.25, 0.3) is 0 Å². The van der Waals surface area contributed by atoms with Gasteiger partial charge in [-0.15, -0.1) is 0 Å². The molecule has 0 saturated heterocycles. The molecule has 0 unspecified atom stereocenters. The number of halogens is 1. The van der Waals surface area contributed by atoms with Gasteiger partial charge in [0.1, 0.15) is 17.2 Å². The predicted octanol–water partition coefficient (Wildman–Crippen LogP) is 3.83. The van der Waals surface area contributed by atoms with E-state index in [1.54, 1.807) is 17.8 Å². The van der Waals surface area contributed by atoms with Gasteiger partial charge in [0, 0.05) is 5.39 Å². The van der Waals surface area contributed by atoms with E-state index in [0.29, 0.717) is 0 Å². The van der Waals surface area contributed by atoms with Crippen LogP contribution in [0.25, 0.3) is 11.0 Å². The first-order valence-electron chi connectivity index (χ1n) is 4.55. The van der Waals surface area contributed by atoms with E-state index in [-0.39, 0.29) is 5.82 Å². The largest absolute Gasteiger partial charge is 0.460 e. The van der Waals surface area contributed by atoms with Crippen molar-refractivity contribution in [3.63, 3.8) is 0 Å². The molecule has 0 N–H and O–H groups in total. The van der Waals surface area contributed by atoms with E-state index in [0.717, 1.165) is 28.2 Å². The van der Waals surface area contributed by atoms with Gasteiger partial charge in [-0.3, -0.25) is 0 Å². The van der Waals surface area contributed by atoms with Crippen molar-refractivity contribution >= 4 is 22.7 Å². The van der Waals surface area contributed by atoms with Crippen molar-refractivity contribution in [2.75, 3.05) is 5.75 Å². The highest BCUT2D eigenvalue weighted by molar-refractivity contribution is 7.98. The number of rotatable bonds is 3. The Morgan fingerprint density at radius 3 is 3.00 bits per heavy atom. The molecule has 1 nitrogen and oxygen atoms in total. The maximum absolute atomic E-state index is 12.9. The van der Waals surface area contributed by atoms with Gasteiger partial charge in [0.05, 0.1) is 5.75 Å². The van der Waals surface area contributed by atoms with Gasteiger partial charge < -0.3 is 4.42 Å². The zero-order chi connectivity index (χ0) is 9.97. The Morgan fingerprint density at radius 2 is 2.21 bits per heavy atom. The summed E-state index contributed by atoms with van der Waals surface area (Å²) in [6, 6.07) is 6.49. The smallest absolute Gasteiger partial charge is 0.134 e. The Morgan fingerprint density at radius 1 is 1.36 bits per heavy atom. The lowest BCUT2D eigenvalue weighted by atomic mass is 10.2. The standard InChI is InChI=1S/C11H11FOS/c1-2-14-7-10-6-8-5-9(12)3-4-11(8)13-10/h3-6H,2,7H2,1H3. The van der Waals surface area contributed by atoms with Crippen molar-refractivity contribution in [3.8, 4) is 0 Å². The van der Waals surface area contributed by atoms with Crippen molar-refractivity contribution in [2.24, 2.45) is 0 Å². The highest BCUT2D eigenvalue weighted by Gasteiger charge is 2.03. The van der Waals surface area contributed by atoms with Gasteiger partial charge in [0.15, 0.2) is 0 Å². The molecule has 0 aliphatic rings. The summed E-state index contributed by atoms with van der Waals surface area (Å²) in [7, 11) is 0. The van der Waals surface area contributed by atoms with Gasteiger partial charge in [-0.2, -0.15) is 11.8 Å². The third kappa shape index (κ3) is 1.93. The van der Waals surface area contributed by atoms with E-state index in [9.17, 15) is 4.39 Å². The second-order valence-corrected chi connectivity index (χ2v) is 4.31. The van der Waals surface area contributed by atoms with Crippen LogP contribution in [0, 0.1) is 5.82 Å².